The van der Waals surface area contributed by atoms with Crippen LogP contribution in [0.1, 0.15) is 21.5 Å². The van der Waals surface area contributed by atoms with Crippen molar-refractivity contribution in [2.45, 2.75) is 6.92 Å². The summed E-state index contributed by atoms with van der Waals surface area (Å²) < 4.78 is 22.2. The molecule has 3 rings (SSSR count). The van der Waals surface area contributed by atoms with Crippen LogP contribution < -0.4 is 24.4 Å². The number of carbonyl (C=O) groups is 2. The summed E-state index contributed by atoms with van der Waals surface area (Å²) in [7, 11) is 2.99. The zero-order chi connectivity index (χ0) is 24.5. The van der Waals surface area contributed by atoms with E-state index in [0.29, 0.717) is 22.8 Å². The van der Waals surface area contributed by atoms with E-state index in [4.69, 9.17) is 18.9 Å². The van der Waals surface area contributed by atoms with Gasteiger partial charge in [-0.15, -0.1) is 0 Å². The number of benzene rings is 3. The standard InChI is InChI=1S/C25H23BrN2O6/c1-16-5-4-6-20(11-16)33-15-24(29)28-27-14-18-12-19(26)8-10-21(18)34-25(30)17-7-9-22(31-2)23(13-17)32-3/h4-14H,15H2,1-3H3,(H,28,29)/b27-14+. The van der Waals surface area contributed by atoms with Gasteiger partial charge in [-0.3, -0.25) is 4.79 Å². The molecule has 3 aromatic rings. The fourth-order valence-corrected chi connectivity index (χ4v) is 3.27. The molecule has 0 aliphatic carbocycles. The van der Waals surface area contributed by atoms with Gasteiger partial charge < -0.3 is 18.9 Å². The molecule has 1 N–H and O–H groups in total. The zero-order valence-corrected chi connectivity index (χ0v) is 20.4. The largest absolute Gasteiger partial charge is 0.493 e. The van der Waals surface area contributed by atoms with Crippen molar-refractivity contribution in [2.75, 3.05) is 20.8 Å². The summed E-state index contributed by atoms with van der Waals surface area (Å²) in [4.78, 5) is 24.7. The maximum atomic E-state index is 12.7. The minimum absolute atomic E-state index is 0.194. The van der Waals surface area contributed by atoms with Gasteiger partial charge in [-0.25, -0.2) is 10.2 Å². The fourth-order valence-electron chi connectivity index (χ4n) is 2.90. The first-order valence-corrected chi connectivity index (χ1v) is 10.9. The van der Waals surface area contributed by atoms with Gasteiger partial charge in [-0.1, -0.05) is 28.1 Å². The summed E-state index contributed by atoms with van der Waals surface area (Å²) in [5.74, 6) is 0.736. The van der Waals surface area contributed by atoms with Crippen LogP contribution in [0.25, 0.3) is 0 Å². The highest BCUT2D eigenvalue weighted by Gasteiger charge is 2.15. The van der Waals surface area contributed by atoms with Crippen molar-refractivity contribution < 1.29 is 28.5 Å². The predicted molar refractivity (Wildman–Crippen MR) is 131 cm³/mol. The minimum Gasteiger partial charge on any atom is -0.493 e. The Labute approximate surface area is 205 Å². The maximum absolute atomic E-state index is 12.7. The number of ether oxygens (including phenoxy) is 4. The van der Waals surface area contributed by atoms with Gasteiger partial charge in [0.05, 0.1) is 26.0 Å². The average molecular weight is 527 g/mol. The Bertz CT molecular complexity index is 1210. The van der Waals surface area contributed by atoms with Gasteiger partial charge in [0.15, 0.2) is 18.1 Å². The van der Waals surface area contributed by atoms with E-state index in [2.05, 4.69) is 26.5 Å². The Morgan fingerprint density at radius 3 is 2.47 bits per heavy atom. The number of rotatable bonds is 9. The number of hydrazone groups is 1. The Hall–Kier alpha value is -3.85. The van der Waals surface area contributed by atoms with Crippen molar-refractivity contribution >= 4 is 34.0 Å². The van der Waals surface area contributed by atoms with Gasteiger partial charge in [0, 0.05) is 10.0 Å². The first-order valence-electron chi connectivity index (χ1n) is 10.1. The topological polar surface area (TPSA) is 95.5 Å². The molecule has 0 spiro atoms. The molecule has 0 saturated carbocycles. The number of nitrogens with zero attached hydrogens (tertiary/aromatic N) is 1. The normalized spacial score (nSPS) is 10.6. The lowest BCUT2D eigenvalue weighted by Gasteiger charge is -2.11. The van der Waals surface area contributed by atoms with E-state index in [1.807, 2.05) is 25.1 Å². The summed E-state index contributed by atoms with van der Waals surface area (Å²) in [5, 5.41) is 3.95. The van der Waals surface area contributed by atoms with E-state index >= 15 is 0 Å². The van der Waals surface area contributed by atoms with Crippen LogP contribution in [0.15, 0.2) is 70.2 Å². The van der Waals surface area contributed by atoms with Gasteiger partial charge in [0.25, 0.3) is 5.91 Å². The van der Waals surface area contributed by atoms with Crippen LogP contribution in [-0.2, 0) is 4.79 Å². The summed E-state index contributed by atoms with van der Waals surface area (Å²) in [6.45, 7) is 1.74. The van der Waals surface area contributed by atoms with Crippen molar-refractivity contribution in [3.63, 3.8) is 0 Å². The van der Waals surface area contributed by atoms with Crippen LogP contribution in [-0.4, -0.2) is 38.9 Å². The Kier molecular flexibility index (Phi) is 8.64. The Balaban J connectivity index is 1.65. The number of halogens is 1. The van der Waals surface area contributed by atoms with Crippen LogP contribution in [0.2, 0.25) is 0 Å². The van der Waals surface area contributed by atoms with Crippen molar-refractivity contribution in [2.24, 2.45) is 5.10 Å². The number of methoxy groups -OCH3 is 2. The third-order valence-corrected chi connectivity index (χ3v) is 5.04. The molecule has 1 amide bonds. The highest BCUT2D eigenvalue weighted by Crippen LogP contribution is 2.29. The molecule has 0 atom stereocenters. The van der Waals surface area contributed by atoms with E-state index in [1.54, 1.807) is 36.4 Å². The average Bonchev–Trinajstić information content (AvgIpc) is 2.83. The molecule has 0 fully saturated rings. The molecule has 0 bridgehead atoms. The van der Waals surface area contributed by atoms with Crippen LogP contribution in [0.3, 0.4) is 0 Å². The maximum Gasteiger partial charge on any atom is 0.343 e. The Morgan fingerprint density at radius 2 is 1.74 bits per heavy atom. The van der Waals surface area contributed by atoms with Gasteiger partial charge in [-0.05, 0) is 61.0 Å². The van der Waals surface area contributed by atoms with Gasteiger partial charge in [0.2, 0.25) is 0 Å². The second kappa shape index (κ2) is 11.9. The lowest BCUT2D eigenvalue weighted by molar-refractivity contribution is -0.123. The van der Waals surface area contributed by atoms with Crippen molar-refractivity contribution in [3.05, 3.63) is 81.8 Å². The number of nitrogens with one attached hydrogen (secondary N) is 1. The predicted octanol–water partition coefficient (Wildman–Crippen LogP) is 4.52. The van der Waals surface area contributed by atoms with E-state index in [1.165, 1.54) is 26.5 Å². The number of hydrogen-bond donors (Lipinski definition) is 1. The molecule has 3 aromatic carbocycles. The molecular formula is C25H23BrN2O6. The summed E-state index contributed by atoms with van der Waals surface area (Å²) in [6.07, 6.45) is 1.38. The molecule has 0 saturated heterocycles. The van der Waals surface area contributed by atoms with Gasteiger partial charge in [-0.2, -0.15) is 5.10 Å². The lowest BCUT2D eigenvalue weighted by atomic mass is 10.2. The van der Waals surface area contributed by atoms with Crippen LogP contribution in [0.4, 0.5) is 0 Å². The highest BCUT2D eigenvalue weighted by molar-refractivity contribution is 9.10. The minimum atomic E-state index is -0.589. The Morgan fingerprint density at radius 1 is 0.971 bits per heavy atom. The zero-order valence-electron chi connectivity index (χ0n) is 18.8. The first kappa shape index (κ1) is 24.8. The fraction of sp³-hybridized carbons (Fsp3) is 0.160. The molecule has 9 heteroatoms. The quantitative estimate of drug-likeness (QED) is 0.190. The summed E-state index contributed by atoms with van der Waals surface area (Å²) >= 11 is 3.38. The second-order valence-corrected chi connectivity index (χ2v) is 7.96. The number of amides is 1. The van der Waals surface area contributed by atoms with Gasteiger partial charge in [0.1, 0.15) is 11.5 Å². The third kappa shape index (κ3) is 6.82. The molecule has 0 aromatic heterocycles. The summed E-state index contributed by atoms with van der Waals surface area (Å²) in [6, 6.07) is 17.1. The first-order chi connectivity index (χ1) is 16.4. The number of esters is 1. The molecule has 34 heavy (non-hydrogen) atoms. The third-order valence-electron chi connectivity index (χ3n) is 4.55. The molecule has 0 aliphatic rings. The van der Waals surface area contributed by atoms with Crippen LogP contribution in [0, 0.1) is 6.92 Å². The second-order valence-electron chi connectivity index (χ2n) is 7.04. The molecule has 0 heterocycles. The molecular weight excluding hydrogens is 504 g/mol. The number of carbonyl (C=O) groups excluding carboxylic acids is 2. The summed E-state index contributed by atoms with van der Waals surface area (Å²) in [5.41, 5.74) is 4.18. The van der Waals surface area contributed by atoms with Crippen LogP contribution in [0.5, 0.6) is 23.0 Å². The highest BCUT2D eigenvalue weighted by atomic mass is 79.9. The molecule has 0 radical (unpaired) electrons. The smallest absolute Gasteiger partial charge is 0.343 e. The van der Waals surface area contributed by atoms with E-state index in [-0.39, 0.29) is 17.9 Å². The lowest BCUT2D eigenvalue weighted by Crippen LogP contribution is -2.24. The number of hydrogen-bond acceptors (Lipinski definition) is 7. The SMILES string of the molecule is COc1ccc(C(=O)Oc2ccc(Br)cc2/C=N/NC(=O)COc2cccc(C)c2)cc1OC. The molecule has 8 nitrogen and oxygen atoms in total. The van der Waals surface area contributed by atoms with E-state index < -0.39 is 11.9 Å². The van der Waals surface area contributed by atoms with Crippen molar-refractivity contribution in [1.29, 1.82) is 0 Å². The molecule has 176 valence electrons. The number of aryl methyl sites for hydroxylation is 1. The van der Waals surface area contributed by atoms with Crippen molar-refractivity contribution in [1.82, 2.24) is 5.43 Å². The van der Waals surface area contributed by atoms with Crippen LogP contribution >= 0.6 is 15.9 Å². The monoisotopic (exact) mass is 526 g/mol. The molecule has 0 aliphatic heterocycles. The molecule has 0 unspecified atom stereocenters. The van der Waals surface area contributed by atoms with E-state index in [0.717, 1.165) is 10.0 Å². The van der Waals surface area contributed by atoms with Gasteiger partial charge >= 0.3 is 5.97 Å². The van der Waals surface area contributed by atoms with Crippen molar-refractivity contribution in [3.8, 4) is 23.0 Å². The van der Waals surface area contributed by atoms with E-state index in [9.17, 15) is 9.59 Å².